The van der Waals surface area contributed by atoms with Gasteiger partial charge in [0.2, 0.25) is 0 Å². The SMILES string of the molecule is CC1(C)CC(O)C(C)(C)C2OC21. The van der Waals surface area contributed by atoms with E-state index in [-0.39, 0.29) is 23.0 Å². The first-order valence-corrected chi connectivity index (χ1v) is 4.69. The fraction of sp³-hybridized carbons (Fsp3) is 1.00. The Balaban J connectivity index is 2.22. The van der Waals surface area contributed by atoms with Crippen LogP contribution in [0.4, 0.5) is 0 Å². The van der Waals surface area contributed by atoms with Gasteiger partial charge in [0.05, 0.1) is 18.3 Å². The first kappa shape index (κ1) is 8.52. The van der Waals surface area contributed by atoms with Gasteiger partial charge in [0.1, 0.15) is 0 Å². The molecule has 1 saturated carbocycles. The molecule has 1 heterocycles. The number of ether oxygens (including phenoxy) is 1. The van der Waals surface area contributed by atoms with Crippen LogP contribution in [0.25, 0.3) is 0 Å². The van der Waals surface area contributed by atoms with Gasteiger partial charge in [0, 0.05) is 5.41 Å². The summed E-state index contributed by atoms with van der Waals surface area (Å²) in [6.07, 6.45) is 1.32. The highest BCUT2D eigenvalue weighted by Crippen LogP contribution is 2.56. The van der Waals surface area contributed by atoms with E-state index in [1.807, 2.05) is 0 Å². The zero-order valence-electron chi connectivity index (χ0n) is 8.29. The summed E-state index contributed by atoms with van der Waals surface area (Å²) in [5.41, 5.74) is 0.125. The number of hydrogen-bond acceptors (Lipinski definition) is 2. The average molecular weight is 170 g/mol. The Bertz CT molecular complexity index is 204. The first-order chi connectivity index (χ1) is 5.36. The molecule has 2 fully saturated rings. The molecule has 0 radical (unpaired) electrons. The molecule has 2 nitrogen and oxygen atoms in total. The molecule has 70 valence electrons. The molecular weight excluding hydrogens is 152 g/mol. The van der Waals surface area contributed by atoms with E-state index < -0.39 is 0 Å². The van der Waals surface area contributed by atoms with Crippen molar-refractivity contribution in [1.82, 2.24) is 0 Å². The Morgan fingerprint density at radius 1 is 1.17 bits per heavy atom. The second-order valence-corrected chi connectivity index (χ2v) is 5.51. The van der Waals surface area contributed by atoms with Crippen LogP contribution in [0.3, 0.4) is 0 Å². The number of hydrogen-bond donors (Lipinski definition) is 1. The maximum atomic E-state index is 9.89. The van der Waals surface area contributed by atoms with E-state index in [0.29, 0.717) is 6.10 Å². The Labute approximate surface area is 73.9 Å². The molecule has 0 amide bonds. The van der Waals surface area contributed by atoms with Gasteiger partial charge in [-0.2, -0.15) is 0 Å². The molecule has 2 heteroatoms. The Kier molecular flexibility index (Phi) is 1.45. The molecule has 1 aliphatic heterocycles. The van der Waals surface area contributed by atoms with Crippen LogP contribution >= 0.6 is 0 Å². The minimum Gasteiger partial charge on any atom is -0.392 e. The molecular formula is C10H18O2. The van der Waals surface area contributed by atoms with Crippen molar-refractivity contribution in [2.75, 3.05) is 0 Å². The number of epoxide rings is 1. The van der Waals surface area contributed by atoms with Crippen molar-refractivity contribution in [2.45, 2.75) is 52.4 Å². The first-order valence-electron chi connectivity index (χ1n) is 4.69. The van der Waals surface area contributed by atoms with Crippen molar-refractivity contribution < 1.29 is 9.84 Å². The fourth-order valence-corrected chi connectivity index (χ4v) is 2.34. The van der Waals surface area contributed by atoms with Gasteiger partial charge >= 0.3 is 0 Å². The predicted octanol–water partition coefficient (Wildman–Crippen LogP) is 1.57. The van der Waals surface area contributed by atoms with Gasteiger partial charge in [-0.3, -0.25) is 0 Å². The van der Waals surface area contributed by atoms with Crippen molar-refractivity contribution in [1.29, 1.82) is 0 Å². The van der Waals surface area contributed by atoms with E-state index in [4.69, 9.17) is 4.74 Å². The van der Waals surface area contributed by atoms with Crippen LogP contribution in [-0.2, 0) is 4.74 Å². The van der Waals surface area contributed by atoms with E-state index in [2.05, 4.69) is 27.7 Å². The van der Waals surface area contributed by atoms with Crippen molar-refractivity contribution in [2.24, 2.45) is 10.8 Å². The molecule has 3 unspecified atom stereocenters. The van der Waals surface area contributed by atoms with E-state index in [0.717, 1.165) is 6.42 Å². The lowest BCUT2D eigenvalue weighted by atomic mass is 9.65. The van der Waals surface area contributed by atoms with Gasteiger partial charge in [0.25, 0.3) is 0 Å². The number of aliphatic hydroxyl groups is 1. The normalized spacial score (nSPS) is 48.2. The highest BCUT2D eigenvalue weighted by Gasteiger charge is 2.63. The largest absolute Gasteiger partial charge is 0.392 e. The van der Waals surface area contributed by atoms with Crippen molar-refractivity contribution >= 4 is 0 Å². The van der Waals surface area contributed by atoms with Crippen molar-refractivity contribution in [3.05, 3.63) is 0 Å². The highest BCUT2D eigenvalue weighted by atomic mass is 16.6. The summed E-state index contributed by atoms with van der Waals surface area (Å²) < 4.78 is 5.62. The van der Waals surface area contributed by atoms with Gasteiger partial charge < -0.3 is 9.84 Å². The van der Waals surface area contributed by atoms with E-state index in [9.17, 15) is 5.11 Å². The van der Waals surface area contributed by atoms with Crippen molar-refractivity contribution in [3.8, 4) is 0 Å². The average Bonchev–Trinajstić information content (AvgIpc) is 2.60. The zero-order chi connectivity index (χ0) is 9.15. The van der Waals surface area contributed by atoms with Gasteiger partial charge in [-0.25, -0.2) is 0 Å². The van der Waals surface area contributed by atoms with E-state index in [1.165, 1.54) is 0 Å². The molecule has 0 spiro atoms. The molecule has 2 aliphatic rings. The van der Waals surface area contributed by atoms with Gasteiger partial charge in [-0.15, -0.1) is 0 Å². The monoisotopic (exact) mass is 170 g/mol. The van der Waals surface area contributed by atoms with E-state index >= 15 is 0 Å². The van der Waals surface area contributed by atoms with Gasteiger partial charge in [-0.05, 0) is 11.8 Å². The van der Waals surface area contributed by atoms with Crippen LogP contribution < -0.4 is 0 Å². The molecule has 1 aliphatic carbocycles. The Hall–Kier alpha value is -0.0800. The Morgan fingerprint density at radius 2 is 1.75 bits per heavy atom. The summed E-state index contributed by atoms with van der Waals surface area (Å²) in [4.78, 5) is 0. The second kappa shape index (κ2) is 2.05. The summed E-state index contributed by atoms with van der Waals surface area (Å²) in [7, 11) is 0. The lowest BCUT2D eigenvalue weighted by molar-refractivity contribution is -0.0130. The third-order valence-corrected chi connectivity index (χ3v) is 3.57. The fourth-order valence-electron chi connectivity index (χ4n) is 2.34. The molecule has 0 bridgehead atoms. The van der Waals surface area contributed by atoms with Crippen LogP contribution in [0, 0.1) is 10.8 Å². The summed E-state index contributed by atoms with van der Waals surface area (Å²) in [5.74, 6) is 0. The third kappa shape index (κ3) is 0.944. The van der Waals surface area contributed by atoms with Gasteiger partial charge in [0.15, 0.2) is 0 Å². The lowest BCUT2D eigenvalue weighted by Crippen LogP contribution is -2.45. The predicted molar refractivity (Wildman–Crippen MR) is 46.8 cm³/mol. The number of aliphatic hydroxyl groups excluding tert-OH is 1. The molecule has 0 aromatic heterocycles. The van der Waals surface area contributed by atoms with E-state index in [1.54, 1.807) is 0 Å². The summed E-state index contributed by atoms with van der Waals surface area (Å²) in [6, 6.07) is 0. The lowest BCUT2D eigenvalue weighted by Gasteiger charge is -2.39. The van der Waals surface area contributed by atoms with Crippen LogP contribution in [0.15, 0.2) is 0 Å². The Morgan fingerprint density at radius 3 is 2.33 bits per heavy atom. The highest BCUT2D eigenvalue weighted by molar-refractivity contribution is 5.10. The molecule has 3 atom stereocenters. The topological polar surface area (TPSA) is 32.8 Å². The van der Waals surface area contributed by atoms with Crippen LogP contribution in [0.5, 0.6) is 0 Å². The number of fused-ring (bicyclic) bond motifs is 1. The molecule has 12 heavy (non-hydrogen) atoms. The minimum atomic E-state index is -0.212. The van der Waals surface area contributed by atoms with Crippen molar-refractivity contribution in [3.63, 3.8) is 0 Å². The summed E-state index contributed by atoms with van der Waals surface area (Å²) in [6.45, 7) is 8.54. The zero-order valence-corrected chi connectivity index (χ0v) is 8.29. The number of rotatable bonds is 0. The third-order valence-electron chi connectivity index (χ3n) is 3.57. The molecule has 1 saturated heterocycles. The standard InChI is InChI=1S/C10H18O2/c1-9(2)5-6(11)10(3,4)8-7(9)12-8/h6-8,11H,5H2,1-4H3. The summed E-state index contributed by atoms with van der Waals surface area (Å²) in [5, 5.41) is 9.89. The molecule has 1 N–H and O–H groups in total. The molecule has 0 aromatic rings. The smallest absolute Gasteiger partial charge is 0.0922 e. The minimum absolute atomic E-state index is 0.0415. The quantitative estimate of drug-likeness (QED) is 0.560. The van der Waals surface area contributed by atoms with Crippen LogP contribution in [-0.4, -0.2) is 23.4 Å². The van der Waals surface area contributed by atoms with Gasteiger partial charge in [-0.1, -0.05) is 27.7 Å². The maximum Gasteiger partial charge on any atom is 0.0922 e. The molecule has 0 aromatic carbocycles. The van der Waals surface area contributed by atoms with Crippen LogP contribution in [0.1, 0.15) is 34.1 Å². The maximum absolute atomic E-state index is 9.89. The second-order valence-electron chi connectivity index (χ2n) is 5.51. The summed E-state index contributed by atoms with van der Waals surface area (Å²) >= 11 is 0. The molecule has 2 rings (SSSR count). The van der Waals surface area contributed by atoms with Crippen LogP contribution in [0.2, 0.25) is 0 Å².